The molecular formula is C15H22FNO. The Bertz CT molecular complexity index is 363. The third-order valence-corrected chi connectivity index (χ3v) is 3.41. The SMILES string of the molecule is CCCNC(Cc1cccc(F)c1)C1CCCO1. The summed E-state index contributed by atoms with van der Waals surface area (Å²) in [4.78, 5) is 0. The van der Waals surface area contributed by atoms with E-state index in [2.05, 4.69) is 12.2 Å². The van der Waals surface area contributed by atoms with Gasteiger partial charge in [0.25, 0.3) is 0 Å². The minimum Gasteiger partial charge on any atom is -0.377 e. The fraction of sp³-hybridized carbons (Fsp3) is 0.600. The van der Waals surface area contributed by atoms with Gasteiger partial charge in [-0.15, -0.1) is 0 Å². The molecule has 1 aromatic rings. The molecule has 1 N–H and O–H groups in total. The zero-order valence-corrected chi connectivity index (χ0v) is 11.0. The van der Waals surface area contributed by atoms with E-state index >= 15 is 0 Å². The van der Waals surface area contributed by atoms with Gasteiger partial charge in [0.1, 0.15) is 5.82 Å². The summed E-state index contributed by atoms with van der Waals surface area (Å²) < 4.78 is 19.0. The maximum atomic E-state index is 13.2. The van der Waals surface area contributed by atoms with Gasteiger partial charge in [0.15, 0.2) is 0 Å². The van der Waals surface area contributed by atoms with Crippen LogP contribution in [-0.4, -0.2) is 25.3 Å². The van der Waals surface area contributed by atoms with E-state index in [1.807, 2.05) is 6.07 Å². The van der Waals surface area contributed by atoms with E-state index < -0.39 is 0 Å². The quantitative estimate of drug-likeness (QED) is 0.839. The zero-order valence-electron chi connectivity index (χ0n) is 11.0. The summed E-state index contributed by atoms with van der Waals surface area (Å²) in [6.45, 7) is 4.00. The monoisotopic (exact) mass is 251 g/mol. The normalized spacial score (nSPS) is 21.1. The average molecular weight is 251 g/mol. The molecule has 1 saturated heterocycles. The van der Waals surface area contributed by atoms with Gasteiger partial charge in [0.05, 0.1) is 6.10 Å². The van der Waals surface area contributed by atoms with Crippen LogP contribution in [0.3, 0.4) is 0 Å². The van der Waals surface area contributed by atoms with Gasteiger partial charge in [-0.2, -0.15) is 0 Å². The molecule has 0 bridgehead atoms. The molecule has 18 heavy (non-hydrogen) atoms. The first kappa shape index (κ1) is 13.5. The fourth-order valence-electron chi connectivity index (χ4n) is 2.50. The van der Waals surface area contributed by atoms with Gasteiger partial charge in [-0.3, -0.25) is 0 Å². The lowest BCUT2D eigenvalue weighted by Gasteiger charge is -2.24. The topological polar surface area (TPSA) is 21.3 Å². The number of benzene rings is 1. The van der Waals surface area contributed by atoms with Gasteiger partial charge in [-0.05, 0) is 49.9 Å². The highest BCUT2D eigenvalue weighted by Gasteiger charge is 2.25. The predicted octanol–water partition coefficient (Wildman–Crippen LogP) is 2.92. The van der Waals surface area contributed by atoms with Crippen LogP contribution in [0.4, 0.5) is 4.39 Å². The summed E-state index contributed by atoms with van der Waals surface area (Å²) in [6, 6.07) is 7.17. The van der Waals surface area contributed by atoms with Gasteiger partial charge < -0.3 is 10.1 Å². The fourth-order valence-corrected chi connectivity index (χ4v) is 2.50. The van der Waals surface area contributed by atoms with Crippen molar-refractivity contribution in [3.05, 3.63) is 35.6 Å². The predicted molar refractivity (Wildman–Crippen MR) is 71.2 cm³/mol. The Morgan fingerprint density at radius 3 is 3.06 bits per heavy atom. The molecule has 0 aliphatic carbocycles. The van der Waals surface area contributed by atoms with Crippen LogP contribution in [0, 0.1) is 5.82 Å². The highest BCUT2D eigenvalue weighted by atomic mass is 19.1. The Hall–Kier alpha value is -0.930. The van der Waals surface area contributed by atoms with E-state index in [0.717, 1.165) is 44.4 Å². The number of halogens is 1. The summed E-state index contributed by atoms with van der Waals surface area (Å²) in [5, 5.41) is 3.53. The molecule has 2 rings (SSSR count). The third-order valence-electron chi connectivity index (χ3n) is 3.41. The summed E-state index contributed by atoms with van der Waals surface area (Å²) in [5.74, 6) is -0.158. The molecule has 2 atom stereocenters. The molecular weight excluding hydrogens is 229 g/mol. The summed E-state index contributed by atoms with van der Waals surface area (Å²) >= 11 is 0. The van der Waals surface area contributed by atoms with E-state index in [1.165, 1.54) is 6.07 Å². The lowest BCUT2D eigenvalue weighted by molar-refractivity contribution is 0.0784. The van der Waals surface area contributed by atoms with Crippen molar-refractivity contribution in [2.45, 2.75) is 44.8 Å². The van der Waals surface area contributed by atoms with Crippen LogP contribution >= 0.6 is 0 Å². The minimum absolute atomic E-state index is 0.158. The summed E-state index contributed by atoms with van der Waals surface area (Å²) in [5.41, 5.74) is 1.04. The van der Waals surface area contributed by atoms with Gasteiger partial charge in [0, 0.05) is 12.6 Å². The molecule has 0 aromatic heterocycles. The molecule has 1 aliphatic heterocycles. The standard InChI is InChI=1S/C15H22FNO/c1-2-8-17-14(15-7-4-9-18-15)11-12-5-3-6-13(16)10-12/h3,5-6,10,14-15,17H,2,4,7-9,11H2,1H3. The lowest BCUT2D eigenvalue weighted by Crippen LogP contribution is -2.41. The lowest BCUT2D eigenvalue weighted by atomic mass is 9.99. The largest absolute Gasteiger partial charge is 0.377 e. The number of rotatable bonds is 6. The van der Waals surface area contributed by atoms with Crippen LogP contribution in [0.25, 0.3) is 0 Å². The maximum Gasteiger partial charge on any atom is 0.123 e. The first-order chi connectivity index (χ1) is 8.79. The van der Waals surface area contributed by atoms with Gasteiger partial charge in [-0.1, -0.05) is 19.1 Å². The summed E-state index contributed by atoms with van der Waals surface area (Å²) in [6.07, 6.45) is 4.46. The van der Waals surface area contributed by atoms with Crippen molar-refractivity contribution in [3.8, 4) is 0 Å². The maximum absolute atomic E-state index is 13.2. The average Bonchev–Trinajstić information content (AvgIpc) is 2.88. The number of hydrogen-bond donors (Lipinski definition) is 1. The number of ether oxygens (including phenoxy) is 1. The molecule has 0 radical (unpaired) electrons. The van der Waals surface area contributed by atoms with E-state index in [9.17, 15) is 4.39 Å². The Labute approximate surface area is 109 Å². The Kier molecular flexibility index (Phi) is 5.14. The van der Waals surface area contributed by atoms with Crippen LogP contribution in [-0.2, 0) is 11.2 Å². The van der Waals surface area contributed by atoms with Gasteiger partial charge in [-0.25, -0.2) is 4.39 Å². The molecule has 1 aliphatic rings. The van der Waals surface area contributed by atoms with Crippen molar-refractivity contribution >= 4 is 0 Å². The highest BCUT2D eigenvalue weighted by Crippen LogP contribution is 2.19. The molecule has 1 fully saturated rings. The van der Waals surface area contributed by atoms with Gasteiger partial charge in [0.2, 0.25) is 0 Å². The molecule has 2 unspecified atom stereocenters. The molecule has 1 aromatic carbocycles. The van der Waals surface area contributed by atoms with Crippen molar-refractivity contribution < 1.29 is 9.13 Å². The van der Waals surface area contributed by atoms with Crippen LogP contribution < -0.4 is 5.32 Å². The smallest absolute Gasteiger partial charge is 0.123 e. The molecule has 0 saturated carbocycles. The third kappa shape index (κ3) is 3.79. The van der Waals surface area contributed by atoms with E-state index in [0.29, 0.717) is 6.04 Å². The Morgan fingerprint density at radius 2 is 2.39 bits per heavy atom. The molecule has 100 valence electrons. The molecule has 0 amide bonds. The van der Waals surface area contributed by atoms with Gasteiger partial charge >= 0.3 is 0 Å². The van der Waals surface area contributed by atoms with E-state index in [-0.39, 0.29) is 11.9 Å². The van der Waals surface area contributed by atoms with Crippen molar-refractivity contribution in [1.82, 2.24) is 5.32 Å². The van der Waals surface area contributed by atoms with Crippen molar-refractivity contribution in [2.24, 2.45) is 0 Å². The highest BCUT2D eigenvalue weighted by molar-refractivity contribution is 5.18. The van der Waals surface area contributed by atoms with Crippen molar-refractivity contribution in [1.29, 1.82) is 0 Å². The molecule has 1 heterocycles. The van der Waals surface area contributed by atoms with Crippen molar-refractivity contribution in [2.75, 3.05) is 13.2 Å². The molecule has 3 heteroatoms. The molecule has 2 nitrogen and oxygen atoms in total. The van der Waals surface area contributed by atoms with Crippen LogP contribution in [0.2, 0.25) is 0 Å². The number of hydrogen-bond acceptors (Lipinski definition) is 2. The van der Waals surface area contributed by atoms with E-state index in [4.69, 9.17) is 4.74 Å². The first-order valence-corrected chi connectivity index (χ1v) is 6.89. The minimum atomic E-state index is -0.158. The second-order valence-corrected chi connectivity index (χ2v) is 4.95. The second-order valence-electron chi connectivity index (χ2n) is 4.95. The van der Waals surface area contributed by atoms with Crippen LogP contribution in [0.1, 0.15) is 31.7 Å². The van der Waals surface area contributed by atoms with Crippen LogP contribution in [0.15, 0.2) is 24.3 Å². The second kappa shape index (κ2) is 6.86. The Morgan fingerprint density at radius 1 is 1.50 bits per heavy atom. The summed E-state index contributed by atoms with van der Waals surface area (Å²) in [7, 11) is 0. The first-order valence-electron chi connectivity index (χ1n) is 6.89. The van der Waals surface area contributed by atoms with E-state index in [1.54, 1.807) is 12.1 Å². The Balaban J connectivity index is 1.99. The van der Waals surface area contributed by atoms with Crippen LogP contribution in [0.5, 0.6) is 0 Å². The molecule has 0 spiro atoms. The zero-order chi connectivity index (χ0) is 12.8. The number of nitrogens with one attached hydrogen (secondary N) is 1. The van der Waals surface area contributed by atoms with Crippen molar-refractivity contribution in [3.63, 3.8) is 0 Å².